The van der Waals surface area contributed by atoms with Gasteiger partial charge in [-0.25, -0.2) is 0 Å². The zero-order valence-electron chi connectivity index (χ0n) is 15.2. The first-order valence-corrected chi connectivity index (χ1v) is 7.73. The van der Waals surface area contributed by atoms with Gasteiger partial charge >= 0.3 is 5.69 Å². The van der Waals surface area contributed by atoms with Crippen molar-refractivity contribution in [3.63, 3.8) is 0 Å². The second-order valence-corrected chi connectivity index (χ2v) is 5.39. The lowest BCUT2D eigenvalue weighted by Gasteiger charge is -2.15. The molecule has 0 aliphatic rings. The van der Waals surface area contributed by atoms with Gasteiger partial charge in [0.1, 0.15) is 5.56 Å². The molecule has 2 aromatic carbocycles. The smallest absolute Gasteiger partial charge is 0.327 e. The van der Waals surface area contributed by atoms with Crippen molar-refractivity contribution in [1.82, 2.24) is 0 Å². The maximum absolute atomic E-state index is 12.7. The van der Waals surface area contributed by atoms with Crippen LogP contribution in [-0.4, -0.2) is 37.9 Å². The van der Waals surface area contributed by atoms with E-state index in [1.165, 1.54) is 40.4 Å². The van der Waals surface area contributed by atoms with E-state index >= 15 is 0 Å². The maximum atomic E-state index is 12.7. The predicted octanol–water partition coefficient (Wildman–Crippen LogP) is 3.08. The van der Waals surface area contributed by atoms with Crippen molar-refractivity contribution in [2.45, 2.75) is 6.92 Å². The summed E-state index contributed by atoms with van der Waals surface area (Å²) in [4.78, 5) is 35.0. The van der Waals surface area contributed by atoms with E-state index in [4.69, 9.17) is 14.2 Å². The first-order chi connectivity index (χ1) is 12.8. The van der Waals surface area contributed by atoms with Gasteiger partial charge in [-0.05, 0) is 19.1 Å². The van der Waals surface area contributed by atoms with Crippen LogP contribution < -0.4 is 19.5 Å². The van der Waals surface area contributed by atoms with Crippen molar-refractivity contribution in [3.05, 3.63) is 51.6 Å². The number of benzene rings is 2. The Bertz CT molecular complexity index is 909. The number of ether oxygens (including phenoxy) is 3. The largest absolute Gasteiger partial charge is 0.493 e. The van der Waals surface area contributed by atoms with Gasteiger partial charge in [0.25, 0.3) is 5.91 Å². The number of carbonyl (C=O) groups excluding carboxylic acids is 2. The van der Waals surface area contributed by atoms with Gasteiger partial charge in [0.2, 0.25) is 11.5 Å². The van der Waals surface area contributed by atoms with Gasteiger partial charge in [-0.3, -0.25) is 19.7 Å². The maximum Gasteiger partial charge on any atom is 0.327 e. The molecule has 0 radical (unpaired) electrons. The van der Waals surface area contributed by atoms with Gasteiger partial charge < -0.3 is 19.5 Å². The predicted molar refractivity (Wildman–Crippen MR) is 97.2 cm³/mol. The Morgan fingerprint density at radius 2 is 1.70 bits per heavy atom. The van der Waals surface area contributed by atoms with Crippen molar-refractivity contribution in [2.75, 3.05) is 26.6 Å². The number of nitrogens with one attached hydrogen (secondary N) is 1. The van der Waals surface area contributed by atoms with E-state index in [0.29, 0.717) is 11.3 Å². The van der Waals surface area contributed by atoms with Crippen LogP contribution in [0.5, 0.6) is 17.2 Å². The molecule has 27 heavy (non-hydrogen) atoms. The number of hydrogen-bond acceptors (Lipinski definition) is 7. The number of nitro benzene ring substituents is 1. The molecule has 0 unspecified atom stereocenters. The third-order valence-corrected chi connectivity index (χ3v) is 3.76. The molecular formula is C18H18N2O7. The number of Topliss-reactive ketones (excluding diaryl/α,β-unsaturated/α-hetero) is 1. The first-order valence-electron chi connectivity index (χ1n) is 7.73. The minimum absolute atomic E-state index is 0.00169. The molecule has 0 heterocycles. The SMILES string of the molecule is COc1cc(C(=O)Nc2cccc(C(C)=O)c2)c([N+](=O)[O-])c(OC)c1OC. The van der Waals surface area contributed by atoms with Gasteiger partial charge in [0.15, 0.2) is 11.5 Å². The average molecular weight is 374 g/mol. The second-order valence-electron chi connectivity index (χ2n) is 5.39. The normalized spacial score (nSPS) is 10.1. The third kappa shape index (κ3) is 3.97. The molecule has 0 aromatic heterocycles. The first kappa shape index (κ1) is 19.7. The number of amides is 1. The molecule has 2 rings (SSSR count). The summed E-state index contributed by atoms with van der Waals surface area (Å²) in [6, 6.07) is 7.43. The van der Waals surface area contributed by atoms with Crippen LogP contribution in [0.3, 0.4) is 0 Å². The summed E-state index contributed by atoms with van der Waals surface area (Å²) in [5.41, 5.74) is -0.124. The van der Waals surface area contributed by atoms with Crippen LogP contribution in [0.1, 0.15) is 27.6 Å². The molecule has 0 spiro atoms. The van der Waals surface area contributed by atoms with Crippen molar-refractivity contribution in [3.8, 4) is 17.2 Å². The van der Waals surface area contributed by atoms with E-state index in [2.05, 4.69) is 5.32 Å². The van der Waals surface area contributed by atoms with E-state index in [9.17, 15) is 19.7 Å². The molecule has 9 nitrogen and oxygen atoms in total. The fraction of sp³-hybridized carbons (Fsp3) is 0.222. The number of anilines is 1. The highest BCUT2D eigenvalue weighted by molar-refractivity contribution is 6.09. The highest BCUT2D eigenvalue weighted by Crippen LogP contribution is 2.46. The van der Waals surface area contributed by atoms with Crippen LogP contribution in [0.2, 0.25) is 0 Å². The van der Waals surface area contributed by atoms with E-state index in [1.54, 1.807) is 18.2 Å². The molecule has 1 N–H and O–H groups in total. The number of rotatable bonds is 7. The number of hydrogen-bond donors (Lipinski definition) is 1. The van der Waals surface area contributed by atoms with Crippen molar-refractivity contribution < 1.29 is 28.7 Å². The Morgan fingerprint density at radius 1 is 1.04 bits per heavy atom. The molecule has 142 valence electrons. The molecule has 0 saturated heterocycles. The highest BCUT2D eigenvalue weighted by Gasteiger charge is 2.32. The van der Waals surface area contributed by atoms with Crippen LogP contribution in [0.4, 0.5) is 11.4 Å². The Balaban J connectivity index is 2.56. The van der Waals surface area contributed by atoms with E-state index in [-0.39, 0.29) is 28.6 Å². The zero-order valence-corrected chi connectivity index (χ0v) is 15.2. The Morgan fingerprint density at radius 3 is 2.22 bits per heavy atom. The average Bonchev–Trinajstić information content (AvgIpc) is 2.65. The van der Waals surface area contributed by atoms with Gasteiger partial charge in [0.05, 0.1) is 26.3 Å². The number of methoxy groups -OCH3 is 3. The van der Waals surface area contributed by atoms with Gasteiger partial charge in [0, 0.05) is 17.3 Å². The topological polar surface area (TPSA) is 117 Å². The quantitative estimate of drug-likeness (QED) is 0.449. The molecule has 1 amide bonds. The van der Waals surface area contributed by atoms with Crippen LogP contribution in [0, 0.1) is 10.1 Å². The van der Waals surface area contributed by atoms with E-state index in [1.807, 2.05) is 0 Å². The molecule has 0 bridgehead atoms. The molecule has 0 atom stereocenters. The van der Waals surface area contributed by atoms with Crippen LogP contribution in [0.15, 0.2) is 30.3 Å². The Labute approximate surface area is 155 Å². The summed E-state index contributed by atoms with van der Waals surface area (Å²) in [7, 11) is 3.86. The summed E-state index contributed by atoms with van der Waals surface area (Å²) in [6.45, 7) is 1.39. The molecule has 9 heteroatoms. The Hall–Kier alpha value is -3.62. The number of nitrogens with zero attached hydrogens (tertiary/aromatic N) is 1. The minimum Gasteiger partial charge on any atom is -0.493 e. The summed E-state index contributed by atoms with van der Waals surface area (Å²) in [5.74, 6) is -1.07. The summed E-state index contributed by atoms with van der Waals surface area (Å²) in [6.07, 6.45) is 0. The minimum atomic E-state index is -0.762. The van der Waals surface area contributed by atoms with Gasteiger partial charge in [-0.15, -0.1) is 0 Å². The second kappa shape index (κ2) is 8.17. The van der Waals surface area contributed by atoms with Gasteiger partial charge in [-0.2, -0.15) is 0 Å². The van der Waals surface area contributed by atoms with Crippen LogP contribution in [-0.2, 0) is 0 Å². The fourth-order valence-corrected chi connectivity index (χ4v) is 2.51. The molecular weight excluding hydrogens is 356 g/mol. The lowest BCUT2D eigenvalue weighted by molar-refractivity contribution is -0.386. The summed E-state index contributed by atoms with van der Waals surface area (Å²) in [5, 5.41) is 14.1. The van der Waals surface area contributed by atoms with Crippen LogP contribution >= 0.6 is 0 Å². The number of ketones is 1. The molecule has 0 fully saturated rings. The number of carbonyl (C=O) groups is 2. The molecule has 0 aliphatic heterocycles. The number of nitro groups is 1. The van der Waals surface area contributed by atoms with E-state index < -0.39 is 16.5 Å². The zero-order chi connectivity index (χ0) is 20.1. The van der Waals surface area contributed by atoms with Crippen molar-refractivity contribution in [2.24, 2.45) is 0 Å². The highest BCUT2D eigenvalue weighted by atomic mass is 16.6. The molecule has 0 aliphatic carbocycles. The molecule has 0 saturated carbocycles. The van der Waals surface area contributed by atoms with Crippen LogP contribution in [0.25, 0.3) is 0 Å². The van der Waals surface area contributed by atoms with Crippen molar-refractivity contribution >= 4 is 23.1 Å². The summed E-state index contributed by atoms with van der Waals surface area (Å²) < 4.78 is 15.4. The summed E-state index contributed by atoms with van der Waals surface area (Å²) >= 11 is 0. The van der Waals surface area contributed by atoms with Crippen molar-refractivity contribution in [1.29, 1.82) is 0 Å². The fourth-order valence-electron chi connectivity index (χ4n) is 2.51. The third-order valence-electron chi connectivity index (χ3n) is 3.76. The van der Waals surface area contributed by atoms with Gasteiger partial charge in [-0.1, -0.05) is 12.1 Å². The molecule has 2 aromatic rings. The lowest BCUT2D eigenvalue weighted by atomic mass is 10.1. The lowest BCUT2D eigenvalue weighted by Crippen LogP contribution is -2.15. The van der Waals surface area contributed by atoms with E-state index in [0.717, 1.165) is 0 Å². The monoisotopic (exact) mass is 374 g/mol. The Kier molecular flexibility index (Phi) is 5.96. The standard InChI is InChI=1S/C18H18N2O7/c1-10(21)11-6-5-7-12(8-11)19-18(22)13-9-14(25-2)16(26-3)17(27-4)15(13)20(23)24/h5-9H,1-4H3,(H,19,22).